The predicted molar refractivity (Wildman–Crippen MR) is 92.4 cm³/mol. The number of hydrogen-bond acceptors (Lipinski definition) is 4. The van der Waals surface area contributed by atoms with Gasteiger partial charge in [-0.25, -0.2) is 0 Å². The molecule has 0 amide bonds. The quantitative estimate of drug-likeness (QED) is 0.778. The van der Waals surface area contributed by atoms with Crippen LogP contribution in [0.2, 0.25) is 0 Å². The van der Waals surface area contributed by atoms with E-state index < -0.39 is 0 Å². The number of anilines is 1. The van der Waals surface area contributed by atoms with Crippen molar-refractivity contribution in [2.75, 3.05) is 5.73 Å². The van der Waals surface area contributed by atoms with Gasteiger partial charge in [-0.05, 0) is 30.0 Å². The van der Waals surface area contributed by atoms with Gasteiger partial charge in [-0.3, -0.25) is 0 Å². The zero-order valence-electron chi connectivity index (χ0n) is 12.7. The summed E-state index contributed by atoms with van der Waals surface area (Å²) in [7, 11) is 0. The van der Waals surface area contributed by atoms with Crippen LogP contribution in [0.4, 0.5) is 5.82 Å². The maximum atomic E-state index is 6.25. The van der Waals surface area contributed by atoms with E-state index in [9.17, 15) is 0 Å². The van der Waals surface area contributed by atoms with Gasteiger partial charge in [0.2, 0.25) is 0 Å². The van der Waals surface area contributed by atoms with Crippen molar-refractivity contribution in [3.63, 3.8) is 0 Å². The lowest BCUT2D eigenvalue weighted by molar-refractivity contribution is 0.740. The highest BCUT2D eigenvalue weighted by atomic mass is 15.1. The molecule has 3 aromatic rings. The standard InChI is InChI=1S/C19H18N4/c20-17-12-16(13-4-2-1-3-5-13)18(23-22-17)14-6-8-15(9-7-14)19(21)10-11-19/h1-9,12H,10-11,21H2,(H2,20,22). The molecule has 1 aromatic heterocycles. The minimum absolute atomic E-state index is 0.117. The summed E-state index contributed by atoms with van der Waals surface area (Å²) in [4.78, 5) is 0. The topological polar surface area (TPSA) is 77.8 Å². The average Bonchev–Trinajstić information content (AvgIpc) is 3.35. The SMILES string of the molecule is Nc1cc(-c2ccccc2)c(-c2ccc(C3(N)CC3)cc2)nn1. The minimum Gasteiger partial charge on any atom is -0.382 e. The largest absolute Gasteiger partial charge is 0.382 e. The second-order valence-electron chi connectivity index (χ2n) is 6.13. The normalized spacial score (nSPS) is 15.3. The first kappa shape index (κ1) is 13.9. The van der Waals surface area contributed by atoms with E-state index in [1.807, 2.05) is 36.4 Å². The molecule has 2 aromatic carbocycles. The monoisotopic (exact) mass is 302 g/mol. The van der Waals surface area contributed by atoms with Crippen molar-refractivity contribution >= 4 is 5.82 Å². The zero-order chi connectivity index (χ0) is 15.9. The van der Waals surface area contributed by atoms with Crippen molar-refractivity contribution in [2.24, 2.45) is 5.73 Å². The summed E-state index contributed by atoms with van der Waals surface area (Å²) in [5, 5.41) is 8.35. The lowest BCUT2D eigenvalue weighted by Gasteiger charge is -2.12. The van der Waals surface area contributed by atoms with Gasteiger partial charge in [0.1, 0.15) is 11.5 Å². The van der Waals surface area contributed by atoms with Crippen molar-refractivity contribution in [3.8, 4) is 22.4 Å². The lowest BCUT2D eigenvalue weighted by atomic mass is 9.97. The van der Waals surface area contributed by atoms with E-state index in [0.29, 0.717) is 5.82 Å². The fourth-order valence-corrected chi connectivity index (χ4v) is 2.84. The molecule has 23 heavy (non-hydrogen) atoms. The molecule has 0 unspecified atom stereocenters. The van der Waals surface area contributed by atoms with Gasteiger partial charge in [-0.15, -0.1) is 10.2 Å². The Morgan fingerprint density at radius 3 is 2.17 bits per heavy atom. The van der Waals surface area contributed by atoms with Crippen molar-refractivity contribution < 1.29 is 0 Å². The van der Waals surface area contributed by atoms with Crippen molar-refractivity contribution in [1.82, 2.24) is 10.2 Å². The third kappa shape index (κ3) is 2.58. The van der Waals surface area contributed by atoms with E-state index in [1.54, 1.807) is 0 Å². The molecule has 0 spiro atoms. The van der Waals surface area contributed by atoms with Crippen LogP contribution in [0.5, 0.6) is 0 Å². The summed E-state index contributed by atoms with van der Waals surface area (Å²) in [6.45, 7) is 0. The van der Waals surface area contributed by atoms with Crippen molar-refractivity contribution in [2.45, 2.75) is 18.4 Å². The smallest absolute Gasteiger partial charge is 0.146 e. The number of benzene rings is 2. The molecule has 114 valence electrons. The summed E-state index contributed by atoms with van der Waals surface area (Å²) < 4.78 is 0. The fraction of sp³-hybridized carbons (Fsp3) is 0.158. The number of aromatic nitrogens is 2. The van der Waals surface area contributed by atoms with Gasteiger partial charge in [0.15, 0.2) is 0 Å². The van der Waals surface area contributed by atoms with E-state index in [4.69, 9.17) is 11.5 Å². The third-order valence-corrected chi connectivity index (χ3v) is 4.42. The second-order valence-corrected chi connectivity index (χ2v) is 6.13. The summed E-state index contributed by atoms with van der Waals surface area (Å²) in [5.74, 6) is 0.420. The van der Waals surface area contributed by atoms with Crippen LogP contribution in [0.15, 0.2) is 60.7 Å². The summed E-state index contributed by atoms with van der Waals surface area (Å²) in [6.07, 6.45) is 2.12. The van der Waals surface area contributed by atoms with Crippen LogP contribution in [-0.2, 0) is 5.54 Å². The number of nitrogens with two attached hydrogens (primary N) is 2. The average molecular weight is 302 g/mol. The van der Waals surface area contributed by atoms with E-state index in [2.05, 4.69) is 34.5 Å². The van der Waals surface area contributed by atoms with Gasteiger partial charge in [0.25, 0.3) is 0 Å². The van der Waals surface area contributed by atoms with Crippen LogP contribution in [0.25, 0.3) is 22.4 Å². The van der Waals surface area contributed by atoms with Crippen molar-refractivity contribution in [1.29, 1.82) is 0 Å². The molecule has 1 aliphatic carbocycles. The lowest BCUT2D eigenvalue weighted by Crippen LogP contribution is -2.18. The van der Waals surface area contributed by atoms with Crippen LogP contribution < -0.4 is 11.5 Å². The van der Waals surface area contributed by atoms with Gasteiger partial charge in [0, 0.05) is 16.7 Å². The number of nitrogen functional groups attached to an aromatic ring is 1. The molecule has 1 saturated carbocycles. The highest BCUT2D eigenvalue weighted by Crippen LogP contribution is 2.43. The van der Waals surface area contributed by atoms with Crippen LogP contribution in [0, 0.1) is 0 Å². The first-order chi connectivity index (χ1) is 11.2. The molecule has 0 atom stereocenters. The number of nitrogens with zero attached hydrogens (tertiary/aromatic N) is 2. The Kier molecular flexibility index (Phi) is 3.13. The maximum Gasteiger partial charge on any atom is 0.146 e. The van der Waals surface area contributed by atoms with Gasteiger partial charge in [0.05, 0.1) is 0 Å². The molecule has 4 N–H and O–H groups in total. The fourth-order valence-electron chi connectivity index (χ4n) is 2.84. The summed E-state index contributed by atoms with van der Waals surface area (Å²) >= 11 is 0. The molecule has 4 heteroatoms. The Morgan fingerprint density at radius 1 is 0.826 bits per heavy atom. The minimum atomic E-state index is -0.117. The summed E-state index contributed by atoms with van der Waals surface area (Å²) in [6, 6.07) is 20.3. The van der Waals surface area contributed by atoms with Crippen molar-refractivity contribution in [3.05, 3.63) is 66.2 Å². The molecular formula is C19H18N4. The van der Waals surface area contributed by atoms with Crippen LogP contribution in [-0.4, -0.2) is 10.2 Å². The van der Waals surface area contributed by atoms with Crippen LogP contribution >= 0.6 is 0 Å². The Balaban J connectivity index is 1.80. The predicted octanol–water partition coefficient (Wildman–Crippen LogP) is 3.34. The molecule has 4 nitrogen and oxygen atoms in total. The van der Waals surface area contributed by atoms with Gasteiger partial charge < -0.3 is 11.5 Å². The van der Waals surface area contributed by atoms with Crippen LogP contribution in [0.3, 0.4) is 0 Å². The van der Waals surface area contributed by atoms with E-state index >= 15 is 0 Å². The molecule has 1 aliphatic rings. The highest BCUT2D eigenvalue weighted by Gasteiger charge is 2.39. The zero-order valence-corrected chi connectivity index (χ0v) is 12.7. The third-order valence-electron chi connectivity index (χ3n) is 4.42. The van der Waals surface area contributed by atoms with Gasteiger partial charge in [-0.1, -0.05) is 54.6 Å². The molecule has 0 aliphatic heterocycles. The molecule has 0 radical (unpaired) electrons. The van der Waals surface area contributed by atoms with E-state index in [0.717, 1.165) is 35.2 Å². The first-order valence-corrected chi connectivity index (χ1v) is 7.74. The molecule has 1 heterocycles. The van der Waals surface area contributed by atoms with Crippen LogP contribution in [0.1, 0.15) is 18.4 Å². The van der Waals surface area contributed by atoms with E-state index in [-0.39, 0.29) is 5.54 Å². The van der Waals surface area contributed by atoms with E-state index in [1.165, 1.54) is 5.56 Å². The maximum absolute atomic E-state index is 6.25. The summed E-state index contributed by atoms with van der Waals surface area (Å²) in [5.41, 5.74) is 17.1. The Labute approximate surface area is 135 Å². The second kappa shape index (κ2) is 5.18. The molecular weight excluding hydrogens is 284 g/mol. The molecule has 1 fully saturated rings. The Morgan fingerprint density at radius 2 is 1.52 bits per heavy atom. The molecule has 0 bridgehead atoms. The Bertz CT molecular complexity index is 837. The number of hydrogen-bond donors (Lipinski definition) is 2. The first-order valence-electron chi connectivity index (χ1n) is 7.74. The Hall–Kier alpha value is -2.72. The van der Waals surface area contributed by atoms with Gasteiger partial charge >= 0.3 is 0 Å². The number of rotatable bonds is 3. The van der Waals surface area contributed by atoms with Gasteiger partial charge in [-0.2, -0.15) is 0 Å². The highest BCUT2D eigenvalue weighted by molar-refractivity contribution is 5.81. The molecule has 4 rings (SSSR count). The molecule has 0 saturated heterocycles.